The van der Waals surface area contributed by atoms with E-state index in [2.05, 4.69) is 34.6 Å². The van der Waals surface area contributed by atoms with Gasteiger partial charge in [-0.25, -0.2) is 0 Å². The molecule has 0 unspecified atom stereocenters. The highest BCUT2D eigenvalue weighted by Crippen LogP contribution is 2.33. The van der Waals surface area contributed by atoms with Gasteiger partial charge in [-0.1, -0.05) is 48.5 Å². The third kappa shape index (κ3) is 4.34. The zero-order valence-electron chi connectivity index (χ0n) is 15.5. The minimum absolute atomic E-state index is 0.00995. The first kappa shape index (κ1) is 17.7. The van der Waals surface area contributed by atoms with Crippen molar-refractivity contribution in [1.82, 2.24) is 10.3 Å². The van der Waals surface area contributed by atoms with Gasteiger partial charge in [0.25, 0.3) is 0 Å². The number of carbonyl (C=O) groups is 1. The van der Waals surface area contributed by atoms with Crippen LogP contribution in [0.1, 0.15) is 37.0 Å². The van der Waals surface area contributed by atoms with Crippen LogP contribution in [0.4, 0.5) is 0 Å². The van der Waals surface area contributed by atoms with Crippen LogP contribution in [0, 0.1) is 0 Å². The predicted octanol–water partition coefficient (Wildman–Crippen LogP) is 4.20. The summed E-state index contributed by atoms with van der Waals surface area (Å²) in [6.07, 6.45) is 4.34. The van der Waals surface area contributed by atoms with Gasteiger partial charge < -0.3 is 10.1 Å². The number of hydrogen-bond donors (Lipinski definition) is 1. The number of nitrogens with zero attached hydrogens (tertiary/aromatic N) is 1. The Morgan fingerprint density at radius 3 is 2.70 bits per heavy atom. The highest BCUT2D eigenvalue weighted by atomic mass is 16.5. The third-order valence-electron chi connectivity index (χ3n) is 5.10. The van der Waals surface area contributed by atoms with Crippen molar-refractivity contribution < 1.29 is 9.53 Å². The largest absolute Gasteiger partial charge is 0.370 e. The van der Waals surface area contributed by atoms with E-state index in [0.29, 0.717) is 0 Å². The van der Waals surface area contributed by atoms with Crippen LogP contribution in [0.15, 0.2) is 66.9 Å². The molecule has 2 aromatic carbocycles. The van der Waals surface area contributed by atoms with Gasteiger partial charge in [-0.05, 0) is 42.5 Å². The molecular formula is C23H24N2O2. The van der Waals surface area contributed by atoms with Crippen molar-refractivity contribution in [2.24, 2.45) is 0 Å². The monoisotopic (exact) mass is 360 g/mol. The molecule has 0 spiro atoms. The SMILES string of the molecule is CC(=O)N[C@H]1C[C@@H](Cc2ccccc2)O[C@@H](c2cnc3ccccc3c2)C1. The topological polar surface area (TPSA) is 51.2 Å². The van der Waals surface area contributed by atoms with E-state index in [0.717, 1.165) is 35.7 Å². The van der Waals surface area contributed by atoms with Crippen LogP contribution < -0.4 is 5.32 Å². The van der Waals surface area contributed by atoms with Gasteiger partial charge in [-0.2, -0.15) is 0 Å². The lowest BCUT2D eigenvalue weighted by Crippen LogP contribution is -2.42. The highest BCUT2D eigenvalue weighted by Gasteiger charge is 2.31. The van der Waals surface area contributed by atoms with Gasteiger partial charge in [0.1, 0.15) is 0 Å². The quantitative estimate of drug-likeness (QED) is 0.758. The molecule has 4 rings (SSSR count). The zero-order chi connectivity index (χ0) is 18.6. The number of rotatable bonds is 4. The van der Waals surface area contributed by atoms with E-state index in [1.54, 1.807) is 6.92 Å². The molecule has 0 radical (unpaired) electrons. The molecule has 0 aliphatic carbocycles. The number of aromatic nitrogens is 1. The number of nitrogens with one attached hydrogen (secondary N) is 1. The number of para-hydroxylation sites is 1. The van der Waals surface area contributed by atoms with Crippen LogP contribution in [-0.4, -0.2) is 23.0 Å². The fraction of sp³-hybridized carbons (Fsp3) is 0.304. The second-order valence-electron chi connectivity index (χ2n) is 7.27. The van der Waals surface area contributed by atoms with Gasteiger partial charge >= 0.3 is 0 Å². The van der Waals surface area contributed by atoms with Crippen LogP contribution in [0.3, 0.4) is 0 Å². The van der Waals surface area contributed by atoms with Crippen LogP contribution in [0.25, 0.3) is 10.9 Å². The zero-order valence-corrected chi connectivity index (χ0v) is 15.5. The van der Waals surface area contributed by atoms with Gasteiger partial charge in [-0.3, -0.25) is 9.78 Å². The summed E-state index contributed by atoms with van der Waals surface area (Å²) in [5, 5.41) is 4.21. The molecule has 138 valence electrons. The normalized spacial score (nSPS) is 22.5. The number of ether oxygens (including phenoxy) is 1. The fourth-order valence-corrected chi connectivity index (χ4v) is 3.91. The van der Waals surface area contributed by atoms with Crippen LogP contribution in [-0.2, 0) is 16.0 Å². The lowest BCUT2D eigenvalue weighted by Gasteiger charge is -2.36. The van der Waals surface area contributed by atoms with E-state index in [1.807, 2.05) is 42.6 Å². The van der Waals surface area contributed by atoms with Crippen molar-refractivity contribution in [1.29, 1.82) is 0 Å². The number of hydrogen-bond acceptors (Lipinski definition) is 3. The van der Waals surface area contributed by atoms with E-state index in [-0.39, 0.29) is 24.2 Å². The minimum atomic E-state index is -0.0681. The lowest BCUT2D eigenvalue weighted by atomic mass is 9.91. The van der Waals surface area contributed by atoms with Crippen LogP contribution in [0.5, 0.6) is 0 Å². The Labute approximate surface area is 159 Å². The maximum Gasteiger partial charge on any atom is 0.217 e. The van der Waals surface area contributed by atoms with Crippen molar-refractivity contribution in [3.8, 4) is 0 Å². The maximum atomic E-state index is 11.6. The molecule has 4 heteroatoms. The molecule has 1 aliphatic rings. The molecule has 4 nitrogen and oxygen atoms in total. The van der Waals surface area contributed by atoms with Gasteiger partial charge in [0.15, 0.2) is 0 Å². The van der Waals surface area contributed by atoms with E-state index in [4.69, 9.17) is 4.74 Å². The first-order valence-electron chi connectivity index (χ1n) is 9.48. The van der Waals surface area contributed by atoms with Crippen molar-refractivity contribution >= 4 is 16.8 Å². The summed E-state index contributed by atoms with van der Waals surface area (Å²) < 4.78 is 6.45. The van der Waals surface area contributed by atoms with Crippen LogP contribution in [0.2, 0.25) is 0 Å². The maximum absolute atomic E-state index is 11.6. The molecular weight excluding hydrogens is 336 g/mol. The summed E-state index contributed by atoms with van der Waals surface area (Å²) in [5.74, 6) is 0.00995. The van der Waals surface area contributed by atoms with Crippen LogP contribution >= 0.6 is 0 Å². The van der Waals surface area contributed by atoms with E-state index in [9.17, 15) is 4.79 Å². The average Bonchev–Trinajstić information content (AvgIpc) is 2.68. The van der Waals surface area contributed by atoms with Gasteiger partial charge in [0.2, 0.25) is 5.91 Å². The second kappa shape index (κ2) is 7.89. The molecule has 0 saturated carbocycles. The Bertz CT molecular complexity index is 926. The number of fused-ring (bicyclic) bond motifs is 1. The summed E-state index contributed by atoms with van der Waals surface area (Å²) in [6.45, 7) is 1.58. The molecule has 1 aromatic heterocycles. The lowest BCUT2D eigenvalue weighted by molar-refractivity contribution is -0.122. The summed E-state index contributed by atoms with van der Waals surface area (Å²) in [7, 11) is 0. The van der Waals surface area contributed by atoms with E-state index in [1.165, 1.54) is 5.56 Å². The summed E-state index contributed by atoms with van der Waals surface area (Å²) in [6, 6.07) is 20.7. The third-order valence-corrected chi connectivity index (χ3v) is 5.10. The Kier molecular flexibility index (Phi) is 5.16. The standard InChI is InChI=1S/C23H24N2O2/c1-16(26)25-20-13-21(11-17-7-3-2-4-8-17)27-23(14-20)19-12-18-9-5-6-10-22(18)24-15-19/h2-10,12,15,20-21,23H,11,13-14H2,1H3,(H,25,26)/t20-,21+,23+/m0/s1. The molecule has 0 bridgehead atoms. The van der Waals surface area contributed by atoms with E-state index >= 15 is 0 Å². The Morgan fingerprint density at radius 2 is 1.89 bits per heavy atom. The Hall–Kier alpha value is -2.72. The first-order chi connectivity index (χ1) is 13.2. The summed E-state index contributed by atoms with van der Waals surface area (Å²) in [5.41, 5.74) is 3.31. The van der Waals surface area contributed by atoms with Gasteiger partial charge in [-0.15, -0.1) is 0 Å². The molecule has 2 heterocycles. The average molecular weight is 360 g/mol. The minimum Gasteiger partial charge on any atom is -0.370 e. The number of amides is 1. The van der Waals surface area contributed by atoms with Gasteiger partial charge in [0, 0.05) is 24.5 Å². The molecule has 1 aliphatic heterocycles. The molecule has 1 fully saturated rings. The molecule has 3 atom stereocenters. The first-order valence-corrected chi connectivity index (χ1v) is 9.48. The Morgan fingerprint density at radius 1 is 1.11 bits per heavy atom. The number of benzene rings is 2. The smallest absolute Gasteiger partial charge is 0.217 e. The summed E-state index contributed by atoms with van der Waals surface area (Å²) >= 11 is 0. The fourth-order valence-electron chi connectivity index (χ4n) is 3.91. The molecule has 27 heavy (non-hydrogen) atoms. The Balaban J connectivity index is 1.58. The van der Waals surface area contributed by atoms with E-state index < -0.39 is 0 Å². The van der Waals surface area contributed by atoms with Gasteiger partial charge in [0.05, 0.1) is 17.7 Å². The second-order valence-corrected chi connectivity index (χ2v) is 7.27. The molecule has 1 amide bonds. The van der Waals surface area contributed by atoms with Crippen molar-refractivity contribution in [2.75, 3.05) is 0 Å². The summed E-state index contributed by atoms with van der Waals surface area (Å²) in [4.78, 5) is 16.2. The number of carbonyl (C=O) groups excluding carboxylic acids is 1. The number of pyridine rings is 1. The van der Waals surface area contributed by atoms with Crippen molar-refractivity contribution in [2.45, 2.75) is 44.4 Å². The van der Waals surface area contributed by atoms with Crippen molar-refractivity contribution in [3.05, 3.63) is 78.0 Å². The predicted molar refractivity (Wildman–Crippen MR) is 106 cm³/mol. The molecule has 1 saturated heterocycles. The van der Waals surface area contributed by atoms with Crippen molar-refractivity contribution in [3.63, 3.8) is 0 Å². The highest BCUT2D eigenvalue weighted by molar-refractivity contribution is 5.78. The molecule has 1 N–H and O–H groups in total. The molecule has 3 aromatic rings.